The van der Waals surface area contributed by atoms with Gasteiger partial charge in [0, 0.05) is 20.1 Å². The summed E-state index contributed by atoms with van der Waals surface area (Å²) in [5, 5.41) is 3.58. The van der Waals surface area contributed by atoms with Gasteiger partial charge >= 0.3 is 0 Å². The lowest BCUT2D eigenvalue weighted by molar-refractivity contribution is 0.0954. The maximum Gasteiger partial charge on any atom is 0.262 e. The minimum absolute atomic E-state index is 0.116. The first-order valence-corrected chi connectivity index (χ1v) is 10.9. The fraction of sp³-hybridized carbons (Fsp3) is 0.409. The summed E-state index contributed by atoms with van der Waals surface area (Å²) in [5.41, 5.74) is 2.99. The fourth-order valence-electron chi connectivity index (χ4n) is 3.92. The van der Waals surface area contributed by atoms with Crippen LogP contribution in [0.2, 0.25) is 0 Å². The summed E-state index contributed by atoms with van der Waals surface area (Å²) in [6.07, 6.45) is 5.34. The van der Waals surface area contributed by atoms with Crippen molar-refractivity contribution < 1.29 is 4.79 Å². The number of carbonyl (C=O) groups excluding carboxylic acids is 1. The molecule has 0 aliphatic carbocycles. The normalized spacial score (nSPS) is 15.0. The van der Waals surface area contributed by atoms with Crippen LogP contribution in [0.5, 0.6) is 0 Å². The topological polar surface area (TPSA) is 67.2 Å². The van der Waals surface area contributed by atoms with E-state index in [4.69, 9.17) is 0 Å². The van der Waals surface area contributed by atoms with Crippen LogP contribution in [0.4, 0.5) is 0 Å². The van der Waals surface area contributed by atoms with E-state index in [1.165, 1.54) is 47.1 Å². The summed E-state index contributed by atoms with van der Waals surface area (Å²) >= 11 is 1.28. The molecule has 7 heteroatoms. The van der Waals surface area contributed by atoms with Crippen molar-refractivity contribution in [2.75, 3.05) is 13.1 Å². The molecular weight excluding hydrogens is 384 g/mol. The third-order valence-corrected chi connectivity index (χ3v) is 6.82. The Morgan fingerprint density at radius 1 is 1.17 bits per heavy atom. The molecule has 152 valence electrons. The highest BCUT2D eigenvalue weighted by Crippen LogP contribution is 2.26. The van der Waals surface area contributed by atoms with E-state index in [2.05, 4.69) is 33.4 Å². The van der Waals surface area contributed by atoms with Gasteiger partial charge in [-0.25, -0.2) is 4.98 Å². The fourth-order valence-corrected chi connectivity index (χ4v) is 4.98. The standard InChI is InChI=1S/C22H26N4O2S/c1-15-18-21(24-14-25(2)22(18)28)29-19(15)20(27)23-12-16-8-4-5-9-17(16)13-26-10-6-3-7-11-26/h4-5,8-9,14H,3,6-7,10-13H2,1-2H3,(H,23,27). The number of aromatic nitrogens is 2. The van der Waals surface area contributed by atoms with Crippen LogP contribution in [-0.4, -0.2) is 33.4 Å². The van der Waals surface area contributed by atoms with Crippen LogP contribution in [0.1, 0.15) is 45.6 Å². The zero-order chi connectivity index (χ0) is 20.4. The summed E-state index contributed by atoms with van der Waals surface area (Å²) < 4.78 is 1.45. The molecular formula is C22H26N4O2S. The predicted molar refractivity (Wildman–Crippen MR) is 116 cm³/mol. The molecule has 6 nitrogen and oxygen atoms in total. The predicted octanol–water partition coefficient (Wildman–Crippen LogP) is 3.22. The van der Waals surface area contributed by atoms with Crippen LogP contribution in [0.25, 0.3) is 10.2 Å². The minimum Gasteiger partial charge on any atom is -0.347 e. The van der Waals surface area contributed by atoms with Crippen LogP contribution >= 0.6 is 11.3 Å². The van der Waals surface area contributed by atoms with Crippen LogP contribution in [0.15, 0.2) is 35.4 Å². The Morgan fingerprint density at radius 2 is 1.90 bits per heavy atom. The Hall–Kier alpha value is -2.51. The van der Waals surface area contributed by atoms with Crippen LogP contribution < -0.4 is 10.9 Å². The average Bonchev–Trinajstić information content (AvgIpc) is 3.08. The van der Waals surface area contributed by atoms with Crippen LogP contribution in [0, 0.1) is 6.92 Å². The third-order valence-electron chi connectivity index (χ3n) is 5.62. The molecule has 29 heavy (non-hydrogen) atoms. The van der Waals surface area contributed by atoms with E-state index in [0.717, 1.165) is 25.2 Å². The van der Waals surface area contributed by atoms with E-state index in [-0.39, 0.29) is 11.5 Å². The van der Waals surface area contributed by atoms with Crippen molar-refractivity contribution in [3.8, 4) is 0 Å². The van der Waals surface area contributed by atoms with Crippen molar-refractivity contribution in [1.29, 1.82) is 0 Å². The molecule has 3 aromatic rings. The maximum absolute atomic E-state index is 12.9. The number of piperidine rings is 1. The molecule has 0 radical (unpaired) electrons. The van der Waals surface area contributed by atoms with Crippen LogP contribution in [0.3, 0.4) is 0 Å². The monoisotopic (exact) mass is 410 g/mol. The van der Waals surface area contributed by atoms with Gasteiger partial charge in [-0.05, 0) is 49.5 Å². The van der Waals surface area contributed by atoms with Gasteiger partial charge in [0.05, 0.1) is 16.6 Å². The van der Waals surface area contributed by atoms with Gasteiger partial charge in [-0.2, -0.15) is 0 Å². The van der Waals surface area contributed by atoms with Crippen molar-refractivity contribution in [1.82, 2.24) is 19.8 Å². The molecule has 1 fully saturated rings. The highest BCUT2D eigenvalue weighted by molar-refractivity contribution is 7.20. The molecule has 0 bridgehead atoms. The molecule has 1 N–H and O–H groups in total. The summed E-state index contributed by atoms with van der Waals surface area (Å²) in [6, 6.07) is 8.30. The van der Waals surface area contributed by atoms with Crippen molar-refractivity contribution >= 4 is 27.5 Å². The quantitative estimate of drug-likeness (QED) is 0.701. The maximum atomic E-state index is 12.9. The second-order valence-electron chi connectivity index (χ2n) is 7.69. The van der Waals surface area contributed by atoms with Gasteiger partial charge in [0.1, 0.15) is 4.83 Å². The third kappa shape index (κ3) is 4.11. The van der Waals surface area contributed by atoms with E-state index in [0.29, 0.717) is 27.2 Å². The lowest BCUT2D eigenvalue weighted by Gasteiger charge is -2.27. The first kappa shape index (κ1) is 19.8. The number of nitrogens with one attached hydrogen (secondary N) is 1. The van der Waals surface area contributed by atoms with E-state index in [1.54, 1.807) is 7.05 Å². The molecule has 0 spiro atoms. The number of rotatable bonds is 5. The van der Waals surface area contributed by atoms with Crippen molar-refractivity contribution in [2.24, 2.45) is 7.05 Å². The summed E-state index contributed by atoms with van der Waals surface area (Å²) in [5.74, 6) is -0.152. The van der Waals surface area contributed by atoms with Gasteiger partial charge in [-0.3, -0.25) is 14.5 Å². The number of hydrogen-bond acceptors (Lipinski definition) is 5. The van der Waals surface area contributed by atoms with E-state index in [1.807, 2.05) is 13.0 Å². The number of carbonyl (C=O) groups is 1. The number of hydrogen-bond donors (Lipinski definition) is 1. The van der Waals surface area contributed by atoms with Gasteiger partial charge < -0.3 is 9.88 Å². The molecule has 1 amide bonds. The van der Waals surface area contributed by atoms with Gasteiger partial charge in [0.15, 0.2) is 0 Å². The lowest BCUT2D eigenvalue weighted by Crippen LogP contribution is -2.30. The molecule has 4 rings (SSSR count). The van der Waals surface area contributed by atoms with E-state index in [9.17, 15) is 9.59 Å². The molecule has 1 saturated heterocycles. The Kier molecular flexibility index (Phi) is 5.78. The van der Waals surface area contributed by atoms with Crippen molar-refractivity contribution in [3.05, 3.63) is 62.5 Å². The van der Waals surface area contributed by atoms with Gasteiger partial charge in [-0.1, -0.05) is 30.7 Å². The molecule has 2 aromatic heterocycles. The highest BCUT2D eigenvalue weighted by Gasteiger charge is 2.19. The number of thiophene rings is 1. The highest BCUT2D eigenvalue weighted by atomic mass is 32.1. The first-order valence-electron chi connectivity index (χ1n) is 10.1. The zero-order valence-corrected chi connectivity index (χ0v) is 17.7. The Bertz CT molecular complexity index is 1100. The number of aryl methyl sites for hydroxylation is 2. The number of amides is 1. The molecule has 1 aliphatic rings. The zero-order valence-electron chi connectivity index (χ0n) is 16.9. The molecule has 0 saturated carbocycles. The van der Waals surface area contributed by atoms with Crippen LogP contribution in [-0.2, 0) is 20.1 Å². The smallest absolute Gasteiger partial charge is 0.262 e. The second-order valence-corrected chi connectivity index (χ2v) is 8.68. The van der Waals surface area contributed by atoms with Gasteiger partial charge in [-0.15, -0.1) is 11.3 Å². The van der Waals surface area contributed by atoms with E-state index < -0.39 is 0 Å². The molecule has 1 aliphatic heterocycles. The van der Waals surface area contributed by atoms with Gasteiger partial charge in [0.2, 0.25) is 0 Å². The van der Waals surface area contributed by atoms with Crippen molar-refractivity contribution in [3.63, 3.8) is 0 Å². The molecule has 3 heterocycles. The Balaban J connectivity index is 1.50. The number of likely N-dealkylation sites (tertiary alicyclic amines) is 1. The summed E-state index contributed by atoms with van der Waals surface area (Å²) in [4.78, 5) is 33.2. The lowest BCUT2D eigenvalue weighted by atomic mass is 10.0. The molecule has 1 aromatic carbocycles. The molecule has 0 atom stereocenters. The Morgan fingerprint density at radius 3 is 2.66 bits per heavy atom. The number of fused-ring (bicyclic) bond motifs is 1. The van der Waals surface area contributed by atoms with Crippen molar-refractivity contribution in [2.45, 2.75) is 39.3 Å². The summed E-state index contributed by atoms with van der Waals surface area (Å²) in [7, 11) is 1.67. The largest absolute Gasteiger partial charge is 0.347 e. The Labute approximate surface area is 174 Å². The van der Waals surface area contributed by atoms with E-state index >= 15 is 0 Å². The number of nitrogens with zero attached hydrogens (tertiary/aromatic N) is 3. The van der Waals surface area contributed by atoms with Gasteiger partial charge in [0.25, 0.3) is 11.5 Å². The minimum atomic E-state index is -0.152. The summed E-state index contributed by atoms with van der Waals surface area (Å²) in [6.45, 7) is 5.50. The SMILES string of the molecule is Cc1c(C(=O)NCc2ccccc2CN2CCCCC2)sc2ncn(C)c(=O)c12. The second kappa shape index (κ2) is 8.47. The average molecular weight is 411 g/mol. The molecule has 0 unspecified atom stereocenters. The first-order chi connectivity index (χ1) is 14.0. The number of benzene rings is 1.